The summed E-state index contributed by atoms with van der Waals surface area (Å²) >= 11 is 0. The molecule has 31 heavy (non-hydrogen) atoms. The highest BCUT2D eigenvalue weighted by Gasteiger charge is 2.23. The fourth-order valence-corrected chi connectivity index (χ4v) is 4.50. The van der Waals surface area contributed by atoms with Crippen molar-refractivity contribution in [3.63, 3.8) is 0 Å². The van der Waals surface area contributed by atoms with Crippen LogP contribution < -0.4 is 9.62 Å². The number of hydrogen-bond donors (Lipinski definition) is 1. The van der Waals surface area contributed by atoms with E-state index in [0.29, 0.717) is 22.5 Å². The number of esters is 1. The number of benzene rings is 3. The second-order valence-electron chi connectivity index (χ2n) is 6.55. The maximum absolute atomic E-state index is 12.9. The van der Waals surface area contributed by atoms with Crippen LogP contribution >= 0.6 is 0 Å². The van der Waals surface area contributed by atoms with Gasteiger partial charge in [0.25, 0.3) is 15.9 Å². The molecule has 0 aliphatic heterocycles. The van der Waals surface area contributed by atoms with E-state index in [1.54, 1.807) is 85.8 Å². The molecule has 0 bridgehead atoms. The molecule has 8 heteroatoms. The molecule has 3 aromatic carbocycles. The number of anilines is 2. The molecule has 7 nitrogen and oxygen atoms in total. The van der Waals surface area contributed by atoms with Crippen molar-refractivity contribution in [3.05, 3.63) is 90.0 Å². The lowest BCUT2D eigenvalue weighted by Crippen LogP contribution is -2.30. The van der Waals surface area contributed by atoms with Gasteiger partial charge < -0.3 is 10.1 Å². The topological polar surface area (TPSA) is 92.8 Å². The van der Waals surface area contributed by atoms with E-state index in [0.717, 1.165) is 0 Å². The van der Waals surface area contributed by atoms with E-state index >= 15 is 0 Å². The van der Waals surface area contributed by atoms with E-state index in [1.165, 1.54) is 11.4 Å². The van der Waals surface area contributed by atoms with Crippen molar-refractivity contribution in [2.45, 2.75) is 11.8 Å². The van der Waals surface area contributed by atoms with Crippen molar-refractivity contribution < 1.29 is 22.7 Å². The normalized spacial score (nSPS) is 10.9. The van der Waals surface area contributed by atoms with Gasteiger partial charge in [0.05, 0.1) is 23.3 Å². The summed E-state index contributed by atoms with van der Waals surface area (Å²) in [6.07, 6.45) is 0. The number of carbonyl (C=O) groups excluding carboxylic acids is 2. The maximum atomic E-state index is 12.9. The van der Waals surface area contributed by atoms with Gasteiger partial charge in [-0.1, -0.05) is 18.2 Å². The van der Waals surface area contributed by atoms with Gasteiger partial charge in [0.1, 0.15) is 0 Å². The van der Waals surface area contributed by atoms with Crippen molar-refractivity contribution in [2.75, 3.05) is 23.3 Å². The van der Waals surface area contributed by atoms with Crippen LogP contribution in [0.5, 0.6) is 0 Å². The lowest BCUT2D eigenvalue weighted by molar-refractivity contribution is 0.0600. The van der Waals surface area contributed by atoms with Gasteiger partial charge in [0.15, 0.2) is 0 Å². The number of ether oxygens (including phenoxy) is 1. The van der Waals surface area contributed by atoms with Gasteiger partial charge in [0, 0.05) is 17.8 Å². The number of carbonyl (C=O) groups is 2. The van der Waals surface area contributed by atoms with Crippen molar-refractivity contribution in [1.29, 1.82) is 0 Å². The van der Waals surface area contributed by atoms with Crippen LogP contribution in [-0.2, 0) is 14.8 Å². The Bertz CT molecular complexity index is 1160. The van der Waals surface area contributed by atoms with Gasteiger partial charge in [0.2, 0.25) is 0 Å². The largest absolute Gasteiger partial charge is 0.465 e. The summed E-state index contributed by atoms with van der Waals surface area (Å²) < 4.78 is 31.8. The Kier molecular flexibility index (Phi) is 6.71. The Hall–Kier alpha value is -3.65. The molecule has 3 aromatic rings. The molecule has 0 saturated heterocycles. The van der Waals surface area contributed by atoms with Crippen molar-refractivity contribution in [3.8, 4) is 0 Å². The predicted octanol–water partition coefficient (Wildman–Crippen LogP) is 3.94. The fourth-order valence-electron chi connectivity index (χ4n) is 3.00. The Balaban J connectivity index is 1.75. The minimum Gasteiger partial charge on any atom is -0.465 e. The Labute approximate surface area is 181 Å². The quantitative estimate of drug-likeness (QED) is 0.564. The summed E-state index contributed by atoms with van der Waals surface area (Å²) in [5.41, 5.74) is 1.73. The summed E-state index contributed by atoms with van der Waals surface area (Å²) in [6, 6.07) is 20.8. The van der Waals surface area contributed by atoms with E-state index in [4.69, 9.17) is 0 Å². The second kappa shape index (κ2) is 9.44. The molecule has 0 aliphatic rings. The molecule has 0 aromatic heterocycles. The molecule has 0 aliphatic carbocycles. The molecule has 0 unspecified atom stereocenters. The number of sulfonamides is 1. The van der Waals surface area contributed by atoms with Crippen LogP contribution in [-0.4, -0.2) is 33.9 Å². The lowest BCUT2D eigenvalue weighted by atomic mass is 10.1. The second-order valence-corrected chi connectivity index (χ2v) is 8.42. The first-order valence-corrected chi connectivity index (χ1v) is 11.0. The van der Waals surface area contributed by atoms with Crippen molar-refractivity contribution in [2.24, 2.45) is 0 Å². The molecular formula is C23H22N2O5S. The summed E-state index contributed by atoms with van der Waals surface area (Å²) in [5.74, 6) is -0.814. The number of methoxy groups -OCH3 is 1. The summed E-state index contributed by atoms with van der Waals surface area (Å²) in [7, 11) is -2.41. The minimum absolute atomic E-state index is 0.203. The van der Waals surface area contributed by atoms with Crippen LogP contribution in [0.3, 0.4) is 0 Å². The van der Waals surface area contributed by atoms with E-state index < -0.39 is 16.0 Å². The van der Waals surface area contributed by atoms with Crippen molar-refractivity contribution >= 4 is 33.3 Å². The van der Waals surface area contributed by atoms with Crippen LogP contribution in [0.4, 0.5) is 11.4 Å². The molecule has 0 radical (unpaired) electrons. The third-order valence-electron chi connectivity index (χ3n) is 4.60. The average molecular weight is 439 g/mol. The molecular weight excluding hydrogens is 416 g/mol. The van der Waals surface area contributed by atoms with Gasteiger partial charge in [-0.15, -0.1) is 0 Å². The number of rotatable bonds is 7. The molecule has 0 atom stereocenters. The smallest absolute Gasteiger partial charge is 0.337 e. The van der Waals surface area contributed by atoms with E-state index in [-0.39, 0.29) is 17.3 Å². The van der Waals surface area contributed by atoms with Crippen LogP contribution in [0.2, 0.25) is 0 Å². The summed E-state index contributed by atoms with van der Waals surface area (Å²) in [4.78, 5) is 24.2. The molecule has 1 N–H and O–H groups in total. The predicted molar refractivity (Wildman–Crippen MR) is 119 cm³/mol. The van der Waals surface area contributed by atoms with Crippen LogP contribution in [0, 0.1) is 0 Å². The molecule has 0 fully saturated rings. The SMILES string of the molecule is CCN(c1ccc(C(=O)Nc2ccc(C(=O)OC)cc2)cc1)S(=O)(=O)c1ccccc1. The molecule has 0 spiro atoms. The molecule has 0 heterocycles. The minimum atomic E-state index is -3.70. The third kappa shape index (κ3) is 4.92. The highest BCUT2D eigenvalue weighted by atomic mass is 32.2. The first-order valence-electron chi connectivity index (χ1n) is 9.54. The molecule has 1 amide bonds. The number of amides is 1. The highest BCUT2D eigenvalue weighted by Crippen LogP contribution is 2.24. The van der Waals surface area contributed by atoms with Gasteiger partial charge in [-0.3, -0.25) is 9.10 Å². The summed E-state index contributed by atoms with van der Waals surface area (Å²) in [6.45, 7) is 1.99. The van der Waals surface area contributed by atoms with Crippen LogP contribution in [0.25, 0.3) is 0 Å². The zero-order valence-corrected chi connectivity index (χ0v) is 17.9. The number of nitrogens with one attached hydrogen (secondary N) is 1. The average Bonchev–Trinajstić information content (AvgIpc) is 2.80. The van der Waals surface area contributed by atoms with E-state index in [2.05, 4.69) is 10.1 Å². The maximum Gasteiger partial charge on any atom is 0.337 e. The zero-order valence-electron chi connectivity index (χ0n) is 17.1. The summed E-state index contributed by atoms with van der Waals surface area (Å²) in [5, 5.41) is 2.74. The number of nitrogens with zero attached hydrogens (tertiary/aromatic N) is 1. The Morgan fingerprint density at radius 1 is 0.871 bits per heavy atom. The van der Waals surface area contributed by atoms with Gasteiger partial charge in [-0.25, -0.2) is 13.2 Å². The lowest BCUT2D eigenvalue weighted by Gasteiger charge is -2.23. The van der Waals surface area contributed by atoms with Crippen molar-refractivity contribution in [1.82, 2.24) is 0 Å². The fraction of sp³-hybridized carbons (Fsp3) is 0.130. The highest BCUT2D eigenvalue weighted by molar-refractivity contribution is 7.92. The first-order chi connectivity index (χ1) is 14.9. The van der Waals surface area contributed by atoms with Gasteiger partial charge in [-0.05, 0) is 67.6 Å². The molecule has 3 rings (SSSR count). The zero-order chi connectivity index (χ0) is 22.4. The third-order valence-corrected chi connectivity index (χ3v) is 6.52. The Morgan fingerprint density at radius 2 is 1.45 bits per heavy atom. The molecule has 160 valence electrons. The van der Waals surface area contributed by atoms with E-state index in [1.807, 2.05) is 0 Å². The Morgan fingerprint density at radius 3 is 2.00 bits per heavy atom. The van der Waals surface area contributed by atoms with Crippen LogP contribution in [0.1, 0.15) is 27.6 Å². The van der Waals surface area contributed by atoms with Gasteiger partial charge >= 0.3 is 5.97 Å². The van der Waals surface area contributed by atoms with E-state index in [9.17, 15) is 18.0 Å². The standard InChI is InChI=1S/C23H22N2O5S/c1-3-25(31(28,29)21-7-5-4-6-8-21)20-15-11-17(12-16-20)22(26)24-19-13-9-18(10-14-19)23(27)30-2/h4-16H,3H2,1-2H3,(H,24,26). The van der Waals surface area contributed by atoms with Crippen LogP contribution in [0.15, 0.2) is 83.8 Å². The number of hydrogen-bond acceptors (Lipinski definition) is 5. The molecule has 0 saturated carbocycles. The van der Waals surface area contributed by atoms with Gasteiger partial charge in [-0.2, -0.15) is 0 Å². The first kappa shape index (κ1) is 22.0. The monoisotopic (exact) mass is 438 g/mol.